The number of methoxy groups -OCH3 is 2. The molecule has 0 aliphatic carbocycles. The van der Waals surface area contributed by atoms with Gasteiger partial charge in [-0.25, -0.2) is 4.98 Å². The van der Waals surface area contributed by atoms with Gasteiger partial charge in [-0.2, -0.15) is 0 Å². The van der Waals surface area contributed by atoms with Crippen LogP contribution in [-0.2, 0) is 0 Å². The molecule has 18 heavy (non-hydrogen) atoms. The van der Waals surface area contributed by atoms with Gasteiger partial charge in [0.25, 0.3) is 0 Å². The Balaban J connectivity index is 2.31. The van der Waals surface area contributed by atoms with Gasteiger partial charge in [0.05, 0.1) is 26.1 Å². The number of aliphatic hydroxyl groups excluding tert-OH is 1. The quantitative estimate of drug-likeness (QED) is 0.887. The molecule has 0 aliphatic heterocycles. The predicted octanol–water partition coefficient (Wildman–Crippen LogP) is 1.58. The minimum atomic E-state index is -0.859. The van der Waals surface area contributed by atoms with Crippen LogP contribution in [0.15, 0.2) is 36.7 Å². The summed E-state index contributed by atoms with van der Waals surface area (Å²) in [7, 11) is 3.09. The molecular formula is C13H14N2O3. The van der Waals surface area contributed by atoms with E-state index in [4.69, 9.17) is 9.47 Å². The van der Waals surface area contributed by atoms with Gasteiger partial charge in [0.15, 0.2) is 0 Å². The summed E-state index contributed by atoms with van der Waals surface area (Å²) in [5.74, 6) is 1.05. The van der Waals surface area contributed by atoms with Crippen molar-refractivity contribution in [1.82, 2.24) is 9.97 Å². The zero-order valence-electron chi connectivity index (χ0n) is 10.2. The van der Waals surface area contributed by atoms with Crippen molar-refractivity contribution in [3.63, 3.8) is 0 Å². The van der Waals surface area contributed by atoms with E-state index >= 15 is 0 Å². The summed E-state index contributed by atoms with van der Waals surface area (Å²) in [5, 5.41) is 10.2. The number of ether oxygens (including phenoxy) is 2. The van der Waals surface area contributed by atoms with Crippen LogP contribution >= 0.6 is 0 Å². The van der Waals surface area contributed by atoms with Crippen molar-refractivity contribution in [2.24, 2.45) is 0 Å². The topological polar surface area (TPSA) is 64.5 Å². The minimum absolute atomic E-state index is 0.461. The van der Waals surface area contributed by atoms with E-state index in [2.05, 4.69) is 9.97 Å². The van der Waals surface area contributed by atoms with Gasteiger partial charge in [-0.3, -0.25) is 4.98 Å². The molecule has 0 spiro atoms. The zero-order valence-corrected chi connectivity index (χ0v) is 10.2. The Morgan fingerprint density at radius 3 is 2.72 bits per heavy atom. The van der Waals surface area contributed by atoms with Crippen LogP contribution < -0.4 is 9.47 Å². The number of aromatic nitrogens is 2. The third kappa shape index (κ3) is 2.57. The van der Waals surface area contributed by atoms with E-state index in [-0.39, 0.29) is 0 Å². The molecule has 94 valence electrons. The van der Waals surface area contributed by atoms with E-state index in [0.717, 1.165) is 0 Å². The Hall–Kier alpha value is -2.14. The highest BCUT2D eigenvalue weighted by Crippen LogP contribution is 2.23. The van der Waals surface area contributed by atoms with Gasteiger partial charge in [0, 0.05) is 17.8 Å². The first-order chi connectivity index (χ1) is 8.74. The highest BCUT2D eigenvalue weighted by Gasteiger charge is 2.13. The van der Waals surface area contributed by atoms with Crippen LogP contribution in [0.25, 0.3) is 0 Å². The van der Waals surface area contributed by atoms with Crippen molar-refractivity contribution in [1.29, 1.82) is 0 Å². The first kappa shape index (κ1) is 12.3. The lowest BCUT2D eigenvalue weighted by molar-refractivity contribution is 0.212. The summed E-state index contributed by atoms with van der Waals surface area (Å²) in [5.41, 5.74) is 1.12. The van der Waals surface area contributed by atoms with Crippen molar-refractivity contribution in [2.75, 3.05) is 14.2 Å². The molecule has 1 unspecified atom stereocenters. The molecule has 0 fully saturated rings. The van der Waals surface area contributed by atoms with Gasteiger partial charge in [-0.1, -0.05) is 6.07 Å². The first-order valence-electron chi connectivity index (χ1n) is 5.42. The maximum atomic E-state index is 10.2. The van der Waals surface area contributed by atoms with Gasteiger partial charge in [0.1, 0.15) is 11.9 Å². The monoisotopic (exact) mass is 246 g/mol. The molecule has 1 atom stereocenters. The van der Waals surface area contributed by atoms with Crippen molar-refractivity contribution < 1.29 is 14.6 Å². The highest BCUT2D eigenvalue weighted by atomic mass is 16.5. The summed E-state index contributed by atoms with van der Waals surface area (Å²) in [6.45, 7) is 0. The second kappa shape index (κ2) is 5.46. The molecule has 0 aromatic carbocycles. The molecule has 2 aromatic rings. The maximum Gasteiger partial charge on any atom is 0.213 e. The van der Waals surface area contributed by atoms with Crippen LogP contribution in [0.2, 0.25) is 0 Å². The van der Waals surface area contributed by atoms with Crippen molar-refractivity contribution in [3.8, 4) is 11.6 Å². The average molecular weight is 246 g/mol. The summed E-state index contributed by atoms with van der Waals surface area (Å²) < 4.78 is 10.1. The Morgan fingerprint density at radius 1 is 1.17 bits per heavy atom. The van der Waals surface area contributed by atoms with E-state index in [9.17, 15) is 5.11 Å². The molecule has 0 radical (unpaired) electrons. The number of hydrogen-bond acceptors (Lipinski definition) is 5. The molecule has 2 aromatic heterocycles. The standard InChI is InChI=1S/C13H14N2O3/c1-17-10-6-9(7-14-8-10)13(16)11-4-3-5-12(15-11)18-2/h3-8,13,16H,1-2H3. The van der Waals surface area contributed by atoms with E-state index in [1.807, 2.05) is 0 Å². The summed E-state index contributed by atoms with van der Waals surface area (Å²) in [4.78, 5) is 8.18. The lowest BCUT2D eigenvalue weighted by atomic mass is 10.1. The molecular weight excluding hydrogens is 232 g/mol. The molecule has 0 saturated heterocycles. The second-order valence-electron chi connectivity index (χ2n) is 3.67. The Morgan fingerprint density at radius 2 is 2.00 bits per heavy atom. The Kier molecular flexibility index (Phi) is 3.74. The molecule has 5 nitrogen and oxygen atoms in total. The van der Waals surface area contributed by atoms with Gasteiger partial charge in [0.2, 0.25) is 5.88 Å². The van der Waals surface area contributed by atoms with Crippen LogP contribution in [0.3, 0.4) is 0 Å². The lowest BCUT2D eigenvalue weighted by Crippen LogP contribution is -2.04. The average Bonchev–Trinajstić information content (AvgIpc) is 2.46. The molecule has 5 heteroatoms. The molecule has 0 bridgehead atoms. The number of nitrogens with zero attached hydrogens (tertiary/aromatic N) is 2. The van der Waals surface area contributed by atoms with Crippen LogP contribution in [0.4, 0.5) is 0 Å². The normalized spacial score (nSPS) is 11.9. The molecule has 0 aliphatic rings. The van der Waals surface area contributed by atoms with Crippen LogP contribution in [0.1, 0.15) is 17.4 Å². The van der Waals surface area contributed by atoms with Crippen molar-refractivity contribution in [3.05, 3.63) is 47.9 Å². The fraction of sp³-hybridized carbons (Fsp3) is 0.231. The number of aliphatic hydroxyl groups is 1. The maximum absolute atomic E-state index is 10.2. The van der Waals surface area contributed by atoms with Crippen molar-refractivity contribution in [2.45, 2.75) is 6.10 Å². The minimum Gasteiger partial charge on any atom is -0.495 e. The van der Waals surface area contributed by atoms with Gasteiger partial charge < -0.3 is 14.6 Å². The Bertz CT molecular complexity index is 484. The van der Waals surface area contributed by atoms with Crippen LogP contribution in [0.5, 0.6) is 11.6 Å². The van der Waals surface area contributed by atoms with Crippen LogP contribution in [0, 0.1) is 0 Å². The predicted molar refractivity (Wildman–Crippen MR) is 65.6 cm³/mol. The molecule has 2 heterocycles. The molecule has 2 rings (SSSR count). The summed E-state index contributed by atoms with van der Waals surface area (Å²) in [6.07, 6.45) is 2.30. The van der Waals surface area contributed by atoms with E-state index in [1.54, 1.807) is 43.8 Å². The molecule has 0 saturated carbocycles. The third-order valence-electron chi connectivity index (χ3n) is 2.52. The van der Waals surface area contributed by atoms with Gasteiger partial charge in [-0.15, -0.1) is 0 Å². The van der Waals surface area contributed by atoms with Gasteiger partial charge >= 0.3 is 0 Å². The Labute approximate surface area is 105 Å². The summed E-state index contributed by atoms with van der Waals surface area (Å²) in [6, 6.07) is 6.95. The molecule has 0 amide bonds. The number of pyridine rings is 2. The first-order valence-corrected chi connectivity index (χ1v) is 5.42. The van der Waals surface area contributed by atoms with Gasteiger partial charge in [-0.05, 0) is 12.1 Å². The smallest absolute Gasteiger partial charge is 0.213 e. The number of rotatable bonds is 4. The van der Waals surface area contributed by atoms with E-state index in [1.165, 1.54) is 7.11 Å². The van der Waals surface area contributed by atoms with E-state index < -0.39 is 6.10 Å². The molecule has 1 N–H and O–H groups in total. The fourth-order valence-corrected chi connectivity index (χ4v) is 1.56. The van der Waals surface area contributed by atoms with Crippen molar-refractivity contribution >= 4 is 0 Å². The fourth-order valence-electron chi connectivity index (χ4n) is 1.56. The van der Waals surface area contributed by atoms with Crippen LogP contribution in [-0.4, -0.2) is 29.3 Å². The van der Waals surface area contributed by atoms with E-state index in [0.29, 0.717) is 22.9 Å². The SMILES string of the molecule is COc1cncc(C(O)c2cccc(OC)n2)c1. The number of hydrogen-bond donors (Lipinski definition) is 1. The largest absolute Gasteiger partial charge is 0.495 e. The second-order valence-corrected chi connectivity index (χ2v) is 3.67. The summed E-state index contributed by atoms with van der Waals surface area (Å²) >= 11 is 0. The highest BCUT2D eigenvalue weighted by molar-refractivity contribution is 5.30. The lowest BCUT2D eigenvalue weighted by Gasteiger charge is -2.11. The third-order valence-corrected chi connectivity index (χ3v) is 2.52. The zero-order chi connectivity index (χ0) is 13.0.